The molecule has 0 radical (unpaired) electrons. The van der Waals surface area contributed by atoms with Gasteiger partial charge in [0.2, 0.25) is 0 Å². The molecule has 0 unspecified atom stereocenters. The molecule has 0 atom stereocenters. The van der Waals surface area contributed by atoms with E-state index in [2.05, 4.69) is 26.1 Å². The van der Waals surface area contributed by atoms with Gasteiger partial charge in [0.15, 0.2) is 5.75 Å². The van der Waals surface area contributed by atoms with Crippen molar-refractivity contribution < 1.29 is 9.78 Å². The minimum absolute atomic E-state index is 0.260. The van der Waals surface area contributed by atoms with Gasteiger partial charge in [-0.25, -0.2) is 0 Å². The minimum Gasteiger partial charge on any atom is -0.336 e. The maximum atomic E-state index is 5.06. The first-order chi connectivity index (χ1) is 7.08. The quantitative estimate of drug-likeness (QED) is 0.350. The summed E-state index contributed by atoms with van der Waals surface area (Å²) in [6.07, 6.45) is 0. The van der Waals surface area contributed by atoms with E-state index in [0.29, 0.717) is 6.73 Å². The average molecular weight is 209 g/mol. The molecule has 0 amide bonds. The lowest BCUT2D eigenvalue weighted by atomic mass is 9.97. The molecule has 0 aromatic heterocycles. The Morgan fingerprint density at radius 2 is 1.80 bits per heavy atom. The normalized spacial score (nSPS) is 11.4. The van der Waals surface area contributed by atoms with Crippen molar-refractivity contribution in [3.05, 3.63) is 30.3 Å². The van der Waals surface area contributed by atoms with Gasteiger partial charge in [0.1, 0.15) is 6.73 Å². The van der Waals surface area contributed by atoms with Gasteiger partial charge >= 0.3 is 0 Å². The van der Waals surface area contributed by atoms with E-state index in [4.69, 9.17) is 9.78 Å². The largest absolute Gasteiger partial charge is 0.336 e. The molecule has 3 heteroatoms. The molecule has 0 fully saturated rings. The highest BCUT2D eigenvalue weighted by atomic mass is 17.2. The Morgan fingerprint density at radius 3 is 2.40 bits per heavy atom. The fourth-order valence-electron chi connectivity index (χ4n) is 1.04. The molecule has 15 heavy (non-hydrogen) atoms. The second-order valence-electron chi connectivity index (χ2n) is 4.65. The smallest absolute Gasteiger partial charge is 0.165 e. The van der Waals surface area contributed by atoms with E-state index in [0.717, 1.165) is 12.3 Å². The Morgan fingerprint density at radius 1 is 1.13 bits per heavy atom. The summed E-state index contributed by atoms with van der Waals surface area (Å²) in [5, 5.41) is 3.15. The third-order valence-electron chi connectivity index (χ3n) is 1.71. The summed E-state index contributed by atoms with van der Waals surface area (Å²) in [5.74, 6) is 0.718. The molecule has 1 aromatic rings. The molecular formula is C12H19NO2. The fraction of sp³-hybridized carbons (Fsp3) is 0.500. The van der Waals surface area contributed by atoms with Crippen LogP contribution in [-0.4, -0.2) is 13.3 Å². The van der Waals surface area contributed by atoms with Crippen LogP contribution in [0.15, 0.2) is 30.3 Å². The minimum atomic E-state index is 0.260. The number of rotatable bonds is 5. The van der Waals surface area contributed by atoms with Crippen LogP contribution in [-0.2, 0) is 4.89 Å². The highest BCUT2D eigenvalue weighted by Crippen LogP contribution is 2.10. The van der Waals surface area contributed by atoms with Crippen LogP contribution in [0, 0.1) is 5.41 Å². The third-order valence-corrected chi connectivity index (χ3v) is 1.71. The van der Waals surface area contributed by atoms with Gasteiger partial charge in [0.05, 0.1) is 0 Å². The summed E-state index contributed by atoms with van der Waals surface area (Å²) >= 11 is 0. The Balaban J connectivity index is 2.08. The SMILES string of the molecule is CC(C)(C)CNCOOc1ccccc1. The zero-order valence-electron chi connectivity index (χ0n) is 9.62. The summed E-state index contributed by atoms with van der Waals surface area (Å²) in [6, 6.07) is 9.45. The second kappa shape index (κ2) is 5.73. The van der Waals surface area contributed by atoms with Crippen molar-refractivity contribution in [1.82, 2.24) is 5.32 Å². The van der Waals surface area contributed by atoms with Gasteiger partial charge in [-0.15, -0.1) is 0 Å². The van der Waals surface area contributed by atoms with Gasteiger partial charge in [0.25, 0.3) is 0 Å². The third kappa shape index (κ3) is 6.10. The number of para-hydroxylation sites is 1. The van der Waals surface area contributed by atoms with Crippen LogP contribution in [0.5, 0.6) is 5.75 Å². The average Bonchev–Trinajstić information content (AvgIpc) is 2.17. The number of nitrogens with one attached hydrogen (secondary N) is 1. The van der Waals surface area contributed by atoms with Gasteiger partial charge in [-0.3, -0.25) is 5.32 Å². The topological polar surface area (TPSA) is 30.5 Å². The van der Waals surface area contributed by atoms with E-state index < -0.39 is 0 Å². The van der Waals surface area contributed by atoms with Crippen LogP contribution in [0.2, 0.25) is 0 Å². The first-order valence-corrected chi connectivity index (χ1v) is 5.13. The van der Waals surface area contributed by atoms with Crippen LogP contribution < -0.4 is 10.2 Å². The lowest BCUT2D eigenvalue weighted by Gasteiger charge is -2.18. The molecule has 84 valence electrons. The monoisotopic (exact) mass is 209 g/mol. The van der Waals surface area contributed by atoms with Crippen molar-refractivity contribution in [1.29, 1.82) is 0 Å². The first kappa shape index (κ1) is 12.0. The summed E-state index contributed by atoms with van der Waals surface area (Å²) in [7, 11) is 0. The molecule has 1 aromatic carbocycles. The predicted octanol–water partition coefficient (Wildman–Crippen LogP) is 2.59. The zero-order chi connectivity index (χ0) is 11.1. The van der Waals surface area contributed by atoms with E-state index in [1.807, 2.05) is 30.3 Å². The Kier molecular flexibility index (Phi) is 4.59. The maximum Gasteiger partial charge on any atom is 0.165 e. The summed E-state index contributed by atoms with van der Waals surface area (Å²) < 4.78 is 0. The zero-order valence-corrected chi connectivity index (χ0v) is 9.62. The fourth-order valence-corrected chi connectivity index (χ4v) is 1.04. The van der Waals surface area contributed by atoms with Crippen LogP contribution in [0.3, 0.4) is 0 Å². The summed E-state index contributed by atoms with van der Waals surface area (Å²) in [6.45, 7) is 7.78. The molecule has 0 bridgehead atoms. The molecule has 1 N–H and O–H groups in total. The standard InChI is InChI=1S/C12H19NO2/c1-12(2,3)9-13-10-14-15-11-7-5-4-6-8-11/h4-8,13H,9-10H2,1-3H3. The molecule has 0 aliphatic rings. The van der Waals surface area contributed by atoms with Gasteiger partial charge in [-0.05, 0) is 17.5 Å². The highest BCUT2D eigenvalue weighted by molar-refractivity contribution is 5.20. The summed E-state index contributed by atoms with van der Waals surface area (Å²) in [4.78, 5) is 10.1. The van der Waals surface area contributed by atoms with Gasteiger partial charge in [-0.2, -0.15) is 4.89 Å². The first-order valence-electron chi connectivity index (χ1n) is 5.13. The van der Waals surface area contributed by atoms with Crippen molar-refractivity contribution in [2.75, 3.05) is 13.3 Å². The van der Waals surface area contributed by atoms with Crippen molar-refractivity contribution in [2.24, 2.45) is 5.41 Å². The van der Waals surface area contributed by atoms with Crippen LogP contribution >= 0.6 is 0 Å². The lowest BCUT2D eigenvalue weighted by molar-refractivity contribution is -0.213. The summed E-state index contributed by atoms with van der Waals surface area (Å²) in [5.41, 5.74) is 0.260. The molecule has 1 rings (SSSR count). The van der Waals surface area contributed by atoms with E-state index >= 15 is 0 Å². The molecule has 3 nitrogen and oxygen atoms in total. The second-order valence-corrected chi connectivity index (χ2v) is 4.65. The molecule has 0 saturated carbocycles. The molecule has 0 aliphatic carbocycles. The van der Waals surface area contributed by atoms with E-state index in [9.17, 15) is 0 Å². The van der Waals surface area contributed by atoms with Crippen LogP contribution in [0.4, 0.5) is 0 Å². The van der Waals surface area contributed by atoms with E-state index in [1.54, 1.807) is 0 Å². The molecule has 0 heterocycles. The number of hydrogen-bond donors (Lipinski definition) is 1. The molecule has 0 saturated heterocycles. The Bertz CT molecular complexity index is 267. The van der Waals surface area contributed by atoms with Crippen molar-refractivity contribution in [3.63, 3.8) is 0 Å². The van der Waals surface area contributed by atoms with Crippen molar-refractivity contribution in [3.8, 4) is 5.75 Å². The van der Waals surface area contributed by atoms with Gasteiger partial charge in [0, 0.05) is 6.54 Å². The molecule has 0 spiro atoms. The molecular weight excluding hydrogens is 190 g/mol. The highest BCUT2D eigenvalue weighted by Gasteiger charge is 2.08. The van der Waals surface area contributed by atoms with Gasteiger partial charge < -0.3 is 4.89 Å². The van der Waals surface area contributed by atoms with Crippen molar-refractivity contribution in [2.45, 2.75) is 20.8 Å². The number of hydrogen-bond acceptors (Lipinski definition) is 3. The Labute approximate surface area is 91.3 Å². The van der Waals surface area contributed by atoms with Crippen molar-refractivity contribution >= 4 is 0 Å². The lowest BCUT2D eigenvalue weighted by Crippen LogP contribution is -2.29. The number of benzene rings is 1. The maximum absolute atomic E-state index is 5.06. The van der Waals surface area contributed by atoms with E-state index in [-0.39, 0.29) is 5.41 Å². The van der Waals surface area contributed by atoms with Crippen LogP contribution in [0.1, 0.15) is 20.8 Å². The van der Waals surface area contributed by atoms with E-state index in [1.165, 1.54) is 0 Å². The van der Waals surface area contributed by atoms with Crippen LogP contribution in [0.25, 0.3) is 0 Å². The van der Waals surface area contributed by atoms with Gasteiger partial charge in [-0.1, -0.05) is 39.0 Å². The Hall–Kier alpha value is -1.06. The predicted molar refractivity (Wildman–Crippen MR) is 60.5 cm³/mol. The molecule has 0 aliphatic heterocycles.